The monoisotopic (exact) mass is 433 g/mol. The molecule has 2 aromatic rings. The topological polar surface area (TPSA) is 105 Å². The molecule has 1 fully saturated rings. The van der Waals surface area contributed by atoms with E-state index in [0.29, 0.717) is 49.0 Å². The lowest BCUT2D eigenvalue weighted by Gasteiger charge is -2.33. The lowest BCUT2D eigenvalue weighted by atomic mass is 10.1. The van der Waals surface area contributed by atoms with Gasteiger partial charge in [0.05, 0.1) is 0 Å². The van der Waals surface area contributed by atoms with Crippen LogP contribution in [0.15, 0.2) is 41.1 Å². The maximum atomic E-state index is 13.4. The van der Waals surface area contributed by atoms with Crippen LogP contribution in [0.2, 0.25) is 0 Å². The standard InChI is InChI=1S/C20H24FN5O3S/c1-20(2,3)30(29)24-17(14-4-6-16(21)7-5-14)15-12-22-18(23-13-15)25-8-10-26(11-9-25)19(27)28/h4-7,12-13H,8-11H2,1-3H3,(H,27,28)/b24-17-/t30-/m0/s1. The zero-order valence-electron chi connectivity index (χ0n) is 17.1. The molecule has 1 aliphatic heterocycles. The van der Waals surface area contributed by atoms with E-state index in [-0.39, 0.29) is 5.82 Å². The quantitative estimate of drug-likeness (QED) is 0.587. The molecule has 0 spiro atoms. The Morgan fingerprint density at radius 3 is 2.17 bits per heavy atom. The zero-order chi connectivity index (χ0) is 21.9. The van der Waals surface area contributed by atoms with E-state index in [2.05, 4.69) is 14.4 Å². The molecule has 0 bridgehead atoms. The Balaban J connectivity index is 1.86. The first kappa shape index (κ1) is 22.0. The molecular formula is C20H24FN5O3S. The summed E-state index contributed by atoms with van der Waals surface area (Å²) in [5.74, 6) is 0.112. The summed E-state index contributed by atoms with van der Waals surface area (Å²) in [7, 11) is 0. The third-order valence-corrected chi connectivity index (χ3v) is 5.96. The maximum absolute atomic E-state index is 13.4. The highest BCUT2D eigenvalue weighted by Gasteiger charge is 2.28. The molecule has 1 atom stereocenters. The SMILES string of the molecule is CC(C)(C)[S@+]([O-])/N=C(/c1ccc(F)cc1)c1cnc(N2CCN(C(=O)O)CC2)nc1. The molecule has 1 saturated heterocycles. The molecule has 160 valence electrons. The van der Waals surface area contributed by atoms with E-state index in [1.54, 1.807) is 24.5 Å². The van der Waals surface area contributed by atoms with Crippen LogP contribution in [0.25, 0.3) is 0 Å². The first-order chi connectivity index (χ1) is 14.1. The van der Waals surface area contributed by atoms with Gasteiger partial charge < -0.3 is 19.5 Å². The van der Waals surface area contributed by atoms with Crippen LogP contribution in [0.1, 0.15) is 31.9 Å². The number of piperazine rings is 1. The maximum Gasteiger partial charge on any atom is 0.407 e. The van der Waals surface area contributed by atoms with Gasteiger partial charge >= 0.3 is 6.09 Å². The number of carboxylic acid groups (broad SMARTS) is 1. The number of rotatable bonds is 4. The van der Waals surface area contributed by atoms with Gasteiger partial charge in [-0.05, 0) is 45.0 Å². The molecule has 1 amide bonds. The van der Waals surface area contributed by atoms with E-state index in [1.807, 2.05) is 25.7 Å². The van der Waals surface area contributed by atoms with Gasteiger partial charge in [-0.15, -0.1) is 0 Å². The Morgan fingerprint density at radius 2 is 1.67 bits per heavy atom. The van der Waals surface area contributed by atoms with Crippen molar-refractivity contribution in [1.82, 2.24) is 14.9 Å². The Kier molecular flexibility index (Phi) is 6.57. The molecule has 30 heavy (non-hydrogen) atoms. The van der Waals surface area contributed by atoms with E-state index in [0.717, 1.165) is 0 Å². The molecule has 0 unspecified atom stereocenters. The number of halogens is 1. The van der Waals surface area contributed by atoms with E-state index < -0.39 is 22.2 Å². The van der Waals surface area contributed by atoms with Gasteiger partial charge in [0.2, 0.25) is 5.95 Å². The number of benzene rings is 1. The molecule has 1 aromatic heterocycles. The fourth-order valence-electron chi connectivity index (χ4n) is 2.80. The Bertz CT molecular complexity index is 908. The minimum atomic E-state index is -1.52. The van der Waals surface area contributed by atoms with Gasteiger partial charge in [-0.25, -0.2) is 19.2 Å². The second-order valence-corrected chi connectivity index (χ2v) is 9.74. The van der Waals surface area contributed by atoms with Crippen LogP contribution in [0.5, 0.6) is 0 Å². The van der Waals surface area contributed by atoms with E-state index in [1.165, 1.54) is 17.0 Å². The average molecular weight is 434 g/mol. The summed E-state index contributed by atoms with van der Waals surface area (Å²) in [5, 5.41) is 9.06. The third kappa shape index (κ3) is 5.25. The summed E-state index contributed by atoms with van der Waals surface area (Å²) in [6.45, 7) is 7.24. The van der Waals surface area contributed by atoms with Gasteiger partial charge in [-0.1, -0.05) is 4.40 Å². The van der Waals surface area contributed by atoms with Crippen LogP contribution in [0.4, 0.5) is 15.1 Å². The van der Waals surface area contributed by atoms with Crippen LogP contribution < -0.4 is 4.90 Å². The van der Waals surface area contributed by atoms with Gasteiger partial charge in [-0.2, -0.15) is 0 Å². The van der Waals surface area contributed by atoms with Crippen molar-refractivity contribution in [2.45, 2.75) is 25.5 Å². The number of aromatic nitrogens is 2. The first-order valence-electron chi connectivity index (χ1n) is 9.47. The van der Waals surface area contributed by atoms with Crippen molar-refractivity contribution in [2.75, 3.05) is 31.1 Å². The number of nitrogens with zero attached hydrogens (tertiary/aromatic N) is 5. The number of hydrogen-bond donors (Lipinski definition) is 1. The largest absolute Gasteiger partial charge is 0.591 e. The summed E-state index contributed by atoms with van der Waals surface area (Å²) in [5.41, 5.74) is 1.60. The van der Waals surface area contributed by atoms with Crippen LogP contribution >= 0.6 is 0 Å². The van der Waals surface area contributed by atoms with Crippen molar-refractivity contribution in [2.24, 2.45) is 4.40 Å². The molecule has 10 heteroatoms. The number of amides is 1. The molecular weight excluding hydrogens is 409 g/mol. The smallest absolute Gasteiger partial charge is 0.407 e. The second-order valence-electron chi connectivity index (χ2n) is 7.84. The summed E-state index contributed by atoms with van der Waals surface area (Å²) in [4.78, 5) is 23.1. The van der Waals surface area contributed by atoms with Gasteiger partial charge in [0.1, 0.15) is 27.6 Å². The van der Waals surface area contributed by atoms with Crippen molar-refractivity contribution in [3.05, 3.63) is 53.6 Å². The van der Waals surface area contributed by atoms with Crippen LogP contribution in [-0.4, -0.2) is 67.3 Å². The lowest BCUT2D eigenvalue weighted by molar-refractivity contribution is 0.142. The highest BCUT2D eigenvalue weighted by atomic mass is 32.2. The van der Waals surface area contributed by atoms with Crippen molar-refractivity contribution in [3.63, 3.8) is 0 Å². The molecule has 1 aromatic carbocycles. The molecule has 2 heterocycles. The second kappa shape index (κ2) is 8.97. The predicted octanol–water partition coefficient (Wildman–Crippen LogP) is 2.72. The summed E-state index contributed by atoms with van der Waals surface area (Å²) in [6.07, 6.45) is 2.25. The molecule has 0 radical (unpaired) electrons. The predicted molar refractivity (Wildman–Crippen MR) is 114 cm³/mol. The Morgan fingerprint density at radius 1 is 1.10 bits per heavy atom. The molecule has 8 nitrogen and oxygen atoms in total. The van der Waals surface area contributed by atoms with Crippen LogP contribution in [0.3, 0.4) is 0 Å². The number of hydrogen-bond acceptors (Lipinski definition) is 6. The summed E-state index contributed by atoms with van der Waals surface area (Å²) < 4.78 is 29.8. The minimum absolute atomic E-state index is 0.373. The fraction of sp³-hybridized carbons (Fsp3) is 0.400. The van der Waals surface area contributed by atoms with Crippen molar-refractivity contribution < 1.29 is 18.8 Å². The third-order valence-electron chi connectivity index (χ3n) is 4.56. The van der Waals surface area contributed by atoms with E-state index in [9.17, 15) is 13.7 Å². The highest BCUT2D eigenvalue weighted by Crippen LogP contribution is 2.21. The molecule has 3 rings (SSSR count). The zero-order valence-corrected chi connectivity index (χ0v) is 17.9. The first-order valence-corrected chi connectivity index (χ1v) is 10.6. The summed E-state index contributed by atoms with van der Waals surface area (Å²) >= 11 is -1.52. The summed E-state index contributed by atoms with van der Waals surface area (Å²) in [6, 6.07) is 5.80. The normalized spacial score (nSPS) is 16.5. The minimum Gasteiger partial charge on any atom is -0.591 e. The number of carbonyl (C=O) groups is 1. The van der Waals surface area contributed by atoms with Crippen LogP contribution in [-0.2, 0) is 11.4 Å². The van der Waals surface area contributed by atoms with E-state index in [4.69, 9.17) is 5.11 Å². The molecule has 0 aliphatic carbocycles. The van der Waals surface area contributed by atoms with Crippen molar-refractivity contribution >= 4 is 29.1 Å². The van der Waals surface area contributed by atoms with Crippen molar-refractivity contribution in [1.29, 1.82) is 0 Å². The van der Waals surface area contributed by atoms with E-state index >= 15 is 0 Å². The van der Waals surface area contributed by atoms with Crippen LogP contribution in [0, 0.1) is 5.82 Å². The van der Waals surface area contributed by atoms with Crippen molar-refractivity contribution in [3.8, 4) is 0 Å². The van der Waals surface area contributed by atoms with Gasteiger partial charge in [-0.3, -0.25) is 0 Å². The highest BCUT2D eigenvalue weighted by molar-refractivity contribution is 7.91. The van der Waals surface area contributed by atoms with Gasteiger partial charge in [0, 0.05) is 49.7 Å². The van der Waals surface area contributed by atoms with Gasteiger partial charge in [0.25, 0.3) is 0 Å². The molecule has 0 saturated carbocycles. The van der Waals surface area contributed by atoms with Gasteiger partial charge in [0.15, 0.2) is 0 Å². The lowest BCUT2D eigenvalue weighted by Crippen LogP contribution is -2.48. The number of anilines is 1. The molecule has 1 aliphatic rings. The Hall–Kier alpha value is -2.72. The average Bonchev–Trinajstić information content (AvgIpc) is 2.72. The fourth-order valence-corrected chi connectivity index (χ4v) is 3.45. The molecule has 1 N–H and O–H groups in total. The Labute approximate surface area is 177 Å².